The second-order valence-corrected chi connectivity index (χ2v) is 12.5. The van der Waals surface area contributed by atoms with Gasteiger partial charge < -0.3 is 24.4 Å². The molecule has 0 radical (unpaired) electrons. The predicted octanol–water partition coefficient (Wildman–Crippen LogP) is 5.98. The number of nitrogens with one attached hydrogen (secondary N) is 1. The average molecular weight is 580 g/mol. The lowest BCUT2D eigenvalue weighted by Crippen LogP contribution is -2.56. The Morgan fingerprint density at radius 1 is 1.00 bits per heavy atom. The molecule has 230 valence electrons. The van der Waals surface area contributed by atoms with Gasteiger partial charge in [0.25, 0.3) is 0 Å². The SMILES string of the molecule is CCN(CC)[C@@H]1C[C@H](C(=O)NCC2(CCCCOC)c3ccccc3Oc3ccccc32)CN(C(=O)OC(C)(C)C)C1. The average Bonchev–Trinajstić information content (AvgIpc) is 2.97. The zero-order chi connectivity index (χ0) is 30.3. The van der Waals surface area contributed by atoms with E-state index in [1.54, 1.807) is 12.0 Å². The maximum Gasteiger partial charge on any atom is 0.410 e. The van der Waals surface area contributed by atoms with Crippen molar-refractivity contribution in [1.82, 2.24) is 15.1 Å². The topological polar surface area (TPSA) is 80.3 Å². The summed E-state index contributed by atoms with van der Waals surface area (Å²) in [6.07, 6.45) is 3.04. The predicted molar refractivity (Wildman–Crippen MR) is 165 cm³/mol. The molecule has 42 heavy (non-hydrogen) atoms. The molecule has 1 saturated heterocycles. The van der Waals surface area contributed by atoms with Gasteiger partial charge >= 0.3 is 6.09 Å². The van der Waals surface area contributed by atoms with Crippen LogP contribution in [0.25, 0.3) is 0 Å². The maximum absolute atomic E-state index is 14.0. The molecule has 2 aliphatic rings. The Morgan fingerprint density at radius 2 is 1.62 bits per heavy atom. The number of carbonyl (C=O) groups excluding carboxylic acids is 2. The number of rotatable bonds is 11. The van der Waals surface area contributed by atoms with Gasteiger partial charge in [0.15, 0.2) is 0 Å². The van der Waals surface area contributed by atoms with E-state index >= 15 is 0 Å². The summed E-state index contributed by atoms with van der Waals surface area (Å²) in [6.45, 7) is 13.6. The molecule has 0 bridgehead atoms. The minimum absolute atomic E-state index is 0.0295. The lowest BCUT2D eigenvalue weighted by atomic mass is 9.69. The molecular weight excluding hydrogens is 530 g/mol. The number of likely N-dealkylation sites (N-methyl/N-ethyl adjacent to an activating group) is 1. The molecule has 0 spiro atoms. The first-order valence-corrected chi connectivity index (χ1v) is 15.5. The molecule has 1 N–H and O–H groups in total. The van der Waals surface area contributed by atoms with Crippen LogP contribution in [-0.2, 0) is 19.7 Å². The Labute approximate surface area is 251 Å². The van der Waals surface area contributed by atoms with Crippen molar-refractivity contribution in [2.24, 2.45) is 5.92 Å². The molecular formula is C34H49N3O5. The first kappa shape index (κ1) is 31.8. The van der Waals surface area contributed by atoms with Crippen LogP contribution in [0.15, 0.2) is 48.5 Å². The van der Waals surface area contributed by atoms with E-state index in [1.165, 1.54) is 0 Å². The van der Waals surface area contributed by atoms with Gasteiger partial charge in [-0.2, -0.15) is 0 Å². The van der Waals surface area contributed by atoms with Crippen LogP contribution in [0.1, 0.15) is 71.4 Å². The highest BCUT2D eigenvalue weighted by atomic mass is 16.6. The van der Waals surface area contributed by atoms with Crippen LogP contribution < -0.4 is 10.1 Å². The fourth-order valence-electron chi connectivity index (χ4n) is 6.51. The zero-order valence-corrected chi connectivity index (χ0v) is 26.3. The van der Waals surface area contributed by atoms with Gasteiger partial charge in [0.1, 0.15) is 17.1 Å². The summed E-state index contributed by atoms with van der Waals surface area (Å²) >= 11 is 0. The highest BCUT2D eigenvalue weighted by molar-refractivity contribution is 5.80. The summed E-state index contributed by atoms with van der Waals surface area (Å²) in [4.78, 5) is 31.2. The minimum Gasteiger partial charge on any atom is -0.457 e. The largest absolute Gasteiger partial charge is 0.457 e. The van der Waals surface area contributed by atoms with Crippen molar-refractivity contribution in [3.63, 3.8) is 0 Å². The molecule has 4 rings (SSSR count). The number of unbranched alkanes of at least 4 members (excludes halogenated alkanes) is 1. The lowest BCUT2D eigenvalue weighted by Gasteiger charge is -2.43. The summed E-state index contributed by atoms with van der Waals surface area (Å²) in [6, 6.07) is 16.4. The number of likely N-dealkylation sites (tertiary alicyclic amines) is 1. The molecule has 2 aromatic rings. The first-order valence-electron chi connectivity index (χ1n) is 15.5. The molecule has 1 fully saturated rings. The summed E-state index contributed by atoms with van der Waals surface area (Å²) in [5.41, 5.74) is 1.12. The molecule has 0 aromatic heterocycles. The number of hydrogen-bond donors (Lipinski definition) is 1. The van der Waals surface area contributed by atoms with E-state index in [0.717, 1.165) is 55.0 Å². The molecule has 8 nitrogen and oxygen atoms in total. The first-order chi connectivity index (χ1) is 20.1. The van der Waals surface area contributed by atoms with Gasteiger partial charge in [-0.15, -0.1) is 0 Å². The van der Waals surface area contributed by atoms with Gasteiger partial charge in [-0.05, 0) is 71.7 Å². The highest BCUT2D eigenvalue weighted by Crippen LogP contribution is 2.50. The Morgan fingerprint density at radius 3 is 2.19 bits per heavy atom. The van der Waals surface area contributed by atoms with Crippen molar-refractivity contribution in [2.75, 3.05) is 46.4 Å². The van der Waals surface area contributed by atoms with Crippen molar-refractivity contribution in [3.8, 4) is 11.5 Å². The van der Waals surface area contributed by atoms with E-state index in [9.17, 15) is 9.59 Å². The van der Waals surface area contributed by atoms with Crippen LogP contribution in [0.3, 0.4) is 0 Å². The summed E-state index contributed by atoms with van der Waals surface area (Å²) in [7, 11) is 1.73. The van der Waals surface area contributed by atoms with E-state index in [1.807, 2.05) is 57.2 Å². The second kappa shape index (κ2) is 13.9. The van der Waals surface area contributed by atoms with Crippen LogP contribution in [0.2, 0.25) is 0 Å². The van der Waals surface area contributed by atoms with E-state index in [0.29, 0.717) is 32.7 Å². The number of methoxy groups -OCH3 is 1. The Hall–Kier alpha value is -3.10. The summed E-state index contributed by atoms with van der Waals surface area (Å²) in [5, 5.41) is 3.37. The fourth-order valence-corrected chi connectivity index (χ4v) is 6.51. The third-order valence-electron chi connectivity index (χ3n) is 8.57. The normalized spacial score (nSPS) is 19.5. The van der Waals surface area contributed by atoms with Crippen molar-refractivity contribution in [2.45, 2.75) is 77.4 Å². The standard InChI is InChI=1S/C34H49N3O5/c1-7-36(8-2)26-21-25(22-37(23-26)32(39)42-33(3,4)5)31(38)35-24-34(19-13-14-20-40-6)27-15-9-11-17-29(27)41-30-18-12-10-16-28(30)34/h9-12,15-18,25-26H,7-8,13-14,19-24H2,1-6H3,(H,35,38)/t25-,26+/m0/s1. The smallest absolute Gasteiger partial charge is 0.410 e. The summed E-state index contributed by atoms with van der Waals surface area (Å²) in [5.74, 6) is 1.28. The van der Waals surface area contributed by atoms with Crippen molar-refractivity contribution in [1.29, 1.82) is 0 Å². The Balaban J connectivity index is 1.61. The highest BCUT2D eigenvalue weighted by Gasteiger charge is 2.43. The zero-order valence-electron chi connectivity index (χ0n) is 26.3. The molecule has 8 heteroatoms. The van der Waals surface area contributed by atoms with Crippen LogP contribution >= 0.6 is 0 Å². The van der Waals surface area contributed by atoms with Crippen LogP contribution in [0, 0.1) is 5.92 Å². The van der Waals surface area contributed by atoms with E-state index in [-0.39, 0.29) is 24.0 Å². The van der Waals surface area contributed by atoms with Gasteiger partial charge in [0.2, 0.25) is 5.91 Å². The third-order valence-corrected chi connectivity index (χ3v) is 8.57. The number of fused-ring (bicyclic) bond motifs is 2. The quantitative estimate of drug-likeness (QED) is 0.330. The third kappa shape index (κ3) is 7.27. The molecule has 2 aromatic carbocycles. The van der Waals surface area contributed by atoms with Gasteiger partial charge in [-0.1, -0.05) is 50.2 Å². The number of hydrogen-bond acceptors (Lipinski definition) is 6. The second-order valence-electron chi connectivity index (χ2n) is 12.5. The Kier molecular flexibility index (Phi) is 10.5. The number of amides is 2. The number of para-hydroxylation sites is 2. The number of nitrogens with zero attached hydrogens (tertiary/aromatic N) is 2. The van der Waals surface area contributed by atoms with E-state index in [4.69, 9.17) is 14.2 Å². The van der Waals surface area contributed by atoms with Crippen LogP contribution in [0.4, 0.5) is 4.79 Å². The molecule has 0 saturated carbocycles. The molecule has 0 unspecified atom stereocenters. The van der Waals surface area contributed by atoms with Gasteiger partial charge in [-0.3, -0.25) is 9.69 Å². The van der Waals surface area contributed by atoms with Crippen LogP contribution in [-0.4, -0.2) is 79.9 Å². The molecule has 0 aliphatic carbocycles. The monoisotopic (exact) mass is 579 g/mol. The Bertz CT molecular complexity index is 1160. The molecule has 2 aliphatic heterocycles. The van der Waals surface area contributed by atoms with E-state index in [2.05, 4.69) is 36.2 Å². The van der Waals surface area contributed by atoms with Crippen LogP contribution in [0.5, 0.6) is 11.5 Å². The van der Waals surface area contributed by atoms with E-state index < -0.39 is 11.0 Å². The maximum atomic E-state index is 14.0. The molecule has 2 amide bonds. The number of piperidine rings is 1. The van der Waals surface area contributed by atoms with Gasteiger partial charge in [0, 0.05) is 55.9 Å². The number of benzene rings is 2. The fraction of sp³-hybridized carbons (Fsp3) is 0.588. The number of ether oxygens (including phenoxy) is 3. The minimum atomic E-state index is -0.601. The van der Waals surface area contributed by atoms with Crippen molar-refractivity contribution >= 4 is 12.0 Å². The lowest BCUT2D eigenvalue weighted by molar-refractivity contribution is -0.127. The van der Waals surface area contributed by atoms with Gasteiger partial charge in [-0.25, -0.2) is 4.79 Å². The molecule has 2 atom stereocenters. The van der Waals surface area contributed by atoms with Crippen molar-refractivity contribution < 1.29 is 23.8 Å². The molecule has 2 heterocycles. The van der Waals surface area contributed by atoms with Crippen molar-refractivity contribution in [3.05, 3.63) is 59.7 Å². The number of carbonyl (C=O) groups is 2. The van der Waals surface area contributed by atoms with Gasteiger partial charge in [0.05, 0.1) is 5.92 Å². The summed E-state index contributed by atoms with van der Waals surface area (Å²) < 4.78 is 17.4.